The van der Waals surface area contributed by atoms with E-state index in [0.29, 0.717) is 19.7 Å². The number of nitrogens with one attached hydrogen (secondary N) is 3. The zero-order chi connectivity index (χ0) is 16.5. The van der Waals surface area contributed by atoms with E-state index in [-0.39, 0.29) is 24.3 Å². The van der Waals surface area contributed by atoms with Gasteiger partial charge in [0.25, 0.3) is 0 Å². The molecule has 0 heterocycles. The molecule has 23 heavy (non-hydrogen) atoms. The Morgan fingerprint density at radius 2 is 2.13 bits per heavy atom. The summed E-state index contributed by atoms with van der Waals surface area (Å²) in [7, 11) is 1.62. The first-order valence-electron chi connectivity index (χ1n) is 8.05. The van der Waals surface area contributed by atoms with Crippen LogP contribution in [0.25, 0.3) is 0 Å². The first-order valence-corrected chi connectivity index (χ1v) is 8.05. The Labute approximate surface area is 137 Å². The summed E-state index contributed by atoms with van der Waals surface area (Å²) >= 11 is 0. The highest BCUT2D eigenvalue weighted by molar-refractivity contribution is 5.93. The Hall–Kier alpha value is -1.92. The summed E-state index contributed by atoms with van der Waals surface area (Å²) in [5, 5.41) is 8.78. The molecule has 1 aromatic carbocycles. The average Bonchev–Trinajstić information content (AvgIpc) is 2.48. The Kier molecular flexibility index (Phi) is 7.03. The summed E-state index contributed by atoms with van der Waals surface area (Å²) in [4.78, 5) is 23.6. The van der Waals surface area contributed by atoms with E-state index in [1.807, 2.05) is 24.3 Å². The van der Waals surface area contributed by atoms with Crippen molar-refractivity contribution in [3.05, 3.63) is 29.8 Å². The van der Waals surface area contributed by atoms with Crippen molar-refractivity contribution in [1.82, 2.24) is 10.6 Å². The van der Waals surface area contributed by atoms with Gasteiger partial charge in [-0.15, -0.1) is 0 Å². The number of methoxy groups -OCH3 is 1. The summed E-state index contributed by atoms with van der Waals surface area (Å²) in [5.74, 6) is 0.196. The highest BCUT2D eigenvalue weighted by Gasteiger charge is 2.25. The molecule has 1 aliphatic carbocycles. The molecule has 0 aromatic heterocycles. The monoisotopic (exact) mass is 319 g/mol. The van der Waals surface area contributed by atoms with Gasteiger partial charge in [0.05, 0.1) is 13.2 Å². The van der Waals surface area contributed by atoms with Crippen molar-refractivity contribution < 1.29 is 14.3 Å². The van der Waals surface area contributed by atoms with Gasteiger partial charge in [0, 0.05) is 31.8 Å². The number of anilines is 1. The van der Waals surface area contributed by atoms with Crippen LogP contribution in [0.4, 0.5) is 5.69 Å². The van der Waals surface area contributed by atoms with E-state index in [1.165, 1.54) is 0 Å². The molecule has 1 aromatic rings. The fraction of sp³-hybridized carbons (Fsp3) is 0.529. The van der Waals surface area contributed by atoms with Gasteiger partial charge in [0.15, 0.2) is 0 Å². The summed E-state index contributed by atoms with van der Waals surface area (Å²) in [6.45, 7) is 1.93. The van der Waals surface area contributed by atoms with Crippen molar-refractivity contribution in [1.29, 1.82) is 0 Å². The van der Waals surface area contributed by atoms with Gasteiger partial charge in [-0.1, -0.05) is 18.6 Å². The molecular weight excluding hydrogens is 294 g/mol. The van der Waals surface area contributed by atoms with Crippen LogP contribution in [0.5, 0.6) is 0 Å². The topological polar surface area (TPSA) is 79.5 Å². The second kappa shape index (κ2) is 9.27. The molecule has 1 aliphatic rings. The largest absolute Gasteiger partial charge is 0.383 e. The van der Waals surface area contributed by atoms with E-state index in [0.717, 1.165) is 30.5 Å². The molecule has 6 nitrogen and oxygen atoms in total. The maximum absolute atomic E-state index is 11.9. The number of amides is 2. The molecule has 0 unspecified atom stereocenters. The third-order valence-electron chi connectivity index (χ3n) is 3.93. The number of carbonyl (C=O) groups excluding carboxylic acids is 2. The summed E-state index contributed by atoms with van der Waals surface area (Å²) in [6.07, 6.45) is 3.11. The van der Waals surface area contributed by atoms with E-state index in [4.69, 9.17) is 4.74 Å². The molecule has 126 valence electrons. The van der Waals surface area contributed by atoms with E-state index < -0.39 is 0 Å². The fourth-order valence-electron chi connectivity index (χ4n) is 2.31. The average molecular weight is 319 g/mol. The van der Waals surface area contributed by atoms with Crippen molar-refractivity contribution in [2.45, 2.75) is 25.8 Å². The molecule has 0 atom stereocenters. The van der Waals surface area contributed by atoms with Gasteiger partial charge >= 0.3 is 0 Å². The van der Waals surface area contributed by atoms with Crippen LogP contribution in [0.2, 0.25) is 0 Å². The van der Waals surface area contributed by atoms with E-state index >= 15 is 0 Å². The zero-order valence-electron chi connectivity index (χ0n) is 13.6. The zero-order valence-corrected chi connectivity index (χ0v) is 13.6. The molecule has 6 heteroatoms. The van der Waals surface area contributed by atoms with Gasteiger partial charge in [-0.3, -0.25) is 9.59 Å². The lowest BCUT2D eigenvalue weighted by Gasteiger charge is -2.24. The molecule has 0 spiro atoms. The predicted molar refractivity (Wildman–Crippen MR) is 89.0 cm³/mol. The second-order valence-electron chi connectivity index (χ2n) is 5.76. The Morgan fingerprint density at radius 1 is 1.30 bits per heavy atom. The molecule has 3 N–H and O–H groups in total. The quantitative estimate of drug-likeness (QED) is 0.599. The smallest absolute Gasteiger partial charge is 0.234 e. The van der Waals surface area contributed by atoms with Gasteiger partial charge in [0.1, 0.15) is 0 Å². The number of carbonyl (C=O) groups is 2. The molecule has 2 rings (SSSR count). The lowest BCUT2D eigenvalue weighted by atomic mass is 9.85. The number of benzene rings is 1. The summed E-state index contributed by atoms with van der Waals surface area (Å²) < 4.78 is 4.90. The van der Waals surface area contributed by atoms with Crippen LogP contribution in [-0.4, -0.2) is 38.6 Å². The Morgan fingerprint density at radius 3 is 2.83 bits per heavy atom. The SMILES string of the molecule is COCCNCC(=O)NCc1cccc(NC(=O)C2CCC2)c1. The Bertz CT molecular complexity index is 530. The van der Waals surface area contributed by atoms with Crippen LogP contribution in [0, 0.1) is 5.92 Å². The summed E-state index contributed by atoms with van der Waals surface area (Å²) in [5.41, 5.74) is 1.74. The molecule has 1 fully saturated rings. The minimum absolute atomic E-state index is 0.0648. The van der Waals surface area contributed by atoms with Crippen molar-refractivity contribution in [3.63, 3.8) is 0 Å². The van der Waals surface area contributed by atoms with E-state index in [2.05, 4.69) is 16.0 Å². The lowest BCUT2D eigenvalue weighted by Crippen LogP contribution is -2.34. The molecule has 1 saturated carbocycles. The minimum Gasteiger partial charge on any atom is -0.383 e. The molecule has 0 aliphatic heterocycles. The molecule has 0 saturated heterocycles. The first kappa shape index (κ1) is 17.4. The fourth-order valence-corrected chi connectivity index (χ4v) is 2.31. The van der Waals surface area contributed by atoms with Crippen LogP contribution in [0.15, 0.2) is 24.3 Å². The maximum atomic E-state index is 11.9. The van der Waals surface area contributed by atoms with Gasteiger partial charge in [-0.25, -0.2) is 0 Å². The van der Waals surface area contributed by atoms with Crippen molar-refractivity contribution in [2.24, 2.45) is 5.92 Å². The molecular formula is C17H25N3O3. The number of rotatable bonds is 9. The molecule has 0 radical (unpaired) electrons. The van der Waals surface area contributed by atoms with Crippen LogP contribution >= 0.6 is 0 Å². The molecule has 0 bridgehead atoms. The third-order valence-corrected chi connectivity index (χ3v) is 3.93. The maximum Gasteiger partial charge on any atom is 0.234 e. The number of hydrogen-bond acceptors (Lipinski definition) is 4. The van der Waals surface area contributed by atoms with Crippen molar-refractivity contribution in [3.8, 4) is 0 Å². The van der Waals surface area contributed by atoms with Gasteiger partial charge < -0.3 is 20.7 Å². The third kappa shape index (κ3) is 6.00. The van der Waals surface area contributed by atoms with Gasteiger partial charge in [0.2, 0.25) is 11.8 Å². The number of hydrogen-bond donors (Lipinski definition) is 3. The van der Waals surface area contributed by atoms with Gasteiger partial charge in [-0.05, 0) is 30.5 Å². The van der Waals surface area contributed by atoms with Gasteiger partial charge in [-0.2, -0.15) is 0 Å². The van der Waals surface area contributed by atoms with Crippen LogP contribution in [0.1, 0.15) is 24.8 Å². The highest BCUT2D eigenvalue weighted by Crippen LogP contribution is 2.27. The van der Waals surface area contributed by atoms with E-state index in [1.54, 1.807) is 7.11 Å². The number of ether oxygens (including phenoxy) is 1. The Balaban J connectivity index is 1.73. The normalized spacial score (nSPS) is 14.1. The van der Waals surface area contributed by atoms with E-state index in [9.17, 15) is 9.59 Å². The first-order chi connectivity index (χ1) is 11.2. The standard InChI is InChI=1S/C17H25N3O3/c1-23-9-8-18-12-16(21)19-11-13-4-2-7-15(10-13)20-17(22)14-5-3-6-14/h2,4,7,10,14,18H,3,5-6,8-9,11-12H2,1H3,(H,19,21)(H,20,22). The highest BCUT2D eigenvalue weighted by atomic mass is 16.5. The second-order valence-corrected chi connectivity index (χ2v) is 5.76. The lowest BCUT2D eigenvalue weighted by molar-refractivity contribution is -0.122. The van der Waals surface area contributed by atoms with Crippen LogP contribution < -0.4 is 16.0 Å². The predicted octanol–water partition coefficient (Wildman–Crippen LogP) is 1.28. The van der Waals surface area contributed by atoms with Crippen molar-refractivity contribution in [2.75, 3.05) is 32.1 Å². The minimum atomic E-state index is -0.0648. The van der Waals surface area contributed by atoms with Crippen LogP contribution in [-0.2, 0) is 20.9 Å². The van der Waals surface area contributed by atoms with Crippen LogP contribution in [0.3, 0.4) is 0 Å². The molecule has 2 amide bonds. The van der Waals surface area contributed by atoms with Crippen molar-refractivity contribution >= 4 is 17.5 Å². The summed E-state index contributed by atoms with van der Waals surface area (Å²) in [6, 6.07) is 7.58.